The van der Waals surface area contributed by atoms with E-state index in [1.165, 1.54) is 7.11 Å². The van der Waals surface area contributed by atoms with Crippen LogP contribution in [0.25, 0.3) is 0 Å². The number of hydrogen-bond donors (Lipinski definition) is 1. The molecule has 0 fully saturated rings. The summed E-state index contributed by atoms with van der Waals surface area (Å²) in [5.74, 6) is 0.916. The van der Waals surface area contributed by atoms with Gasteiger partial charge in [-0.15, -0.1) is 11.3 Å². The van der Waals surface area contributed by atoms with Gasteiger partial charge in [-0.25, -0.2) is 9.78 Å². The molecule has 0 atom stereocenters. The van der Waals surface area contributed by atoms with Crippen LogP contribution in [0.4, 0.5) is 0 Å². The van der Waals surface area contributed by atoms with E-state index in [2.05, 4.69) is 15.0 Å². The van der Waals surface area contributed by atoms with E-state index in [9.17, 15) is 4.79 Å². The molecule has 0 saturated heterocycles. The van der Waals surface area contributed by atoms with Crippen molar-refractivity contribution in [2.45, 2.75) is 20.0 Å². The number of rotatable bonds is 5. The maximum atomic E-state index is 11.4. The monoisotopic (exact) mass is 266 g/mol. The standard InChI is InChI=1S/C12H14N2O3S/c1-8-10(12(15)16-2)5-9(17-8)6-13-7-11-14-3-4-18-11/h3-5,13H,6-7H2,1-2H3. The summed E-state index contributed by atoms with van der Waals surface area (Å²) in [6.45, 7) is 2.99. The highest BCUT2D eigenvalue weighted by molar-refractivity contribution is 7.09. The largest absolute Gasteiger partial charge is 0.465 e. The van der Waals surface area contributed by atoms with Crippen LogP contribution in [0.1, 0.15) is 26.9 Å². The average molecular weight is 266 g/mol. The number of thiazole rings is 1. The van der Waals surface area contributed by atoms with Crippen molar-refractivity contribution < 1.29 is 13.9 Å². The molecular weight excluding hydrogens is 252 g/mol. The van der Waals surface area contributed by atoms with E-state index in [4.69, 9.17) is 4.42 Å². The van der Waals surface area contributed by atoms with Crippen LogP contribution in [0.3, 0.4) is 0 Å². The Labute approximate surface area is 109 Å². The van der Waals surface area contributed by atoms with Gasteiger partial charge < -0.3 is 14.5 Å². The van der Waals surface area contributed by atoms with Gasteiger partial charge in [-0.2, -0.15) is 0 Å². The summed E-state index contributed by atoms with van der Waals surface area (Å²) in [4.78, 5) is 15.6. The molecule has 96 valence electrons. The van der Waals surface area contributed by atoms with Crippen molar-refractivity contribution in [3.8, 4) is 0 Å². The van der Waals surface area contributed by atoms with Crippen LogP contribution in [0, 0.1) is 6.92 Å². The Morgan fingerprint density at radius 1 is 1.56 bits per heavy atom. The van der Waals surface area contributed by atoms with Crippen molar-refractivity contribution in [2.75, 3.05) is 7.11 Å². The fourth-order valence-corrected chi connectivity index (χ4v) is 2.16. The molecule has 0 unspecified atom stereocenters. The lowest BCUT2D eigenvalue weighted by atomic mass is 10.2. The number of carbonyl (C=O) groups is 1. The number of esters is 1. The minimum atomic E-state index is -0.373. The van der Waals surface area contributed by atoms with E-state index in [1.54, 1.807) is 30.5 Å². The third kappa shape index (κ3) is 2.96. The number of nitrogens with zero attached hydrogens (tertiary/aromatic N) is 1. The fourth-order valence-electron chi connectivity index (χ4n) is 1.58. The van der Waals surface area contributed by atoms with Crippen LogP contribution >= 0.6 is 11.3 Å². The minimum absolute atomic E-state index is 0.373. The predicted molar refractivity (Wildman–Crippen MR) is 67.4 cm³/mol. The SMILES string of the molecule is COC(=O)c1cc(CNCc2nccs2)oc1C. The van der Waals surface area contributed by atoms with Crippen LogP contribution in [0.5, 0.6) is 0 Å². The highest BCUT2D eigenvalue weighted by Crippen LogP contribution is 2.15. The summed E-state index contributed by atoms with van der Waals surface area (Å²) in [6, 6.07) is 1.70. The molecule has 0 spiro atoms. The number of carbonyl (C=O) groups excluding carboxylic acids is 1. The van der Waals surface area contributed by atoms with Crippen LogP contribution in [-0.2, 0) is 17.8 Å². The lowest BCUT2D eigenvalue weighted by Gasteiger charge is -1.98. The molecule has 6 heteroatoms. The topological polar surface area (TPSA) is 64.4 Å². The molecule has 0 aliphatic heterocycles. The number of furan rings is 1. The van der Waals surface area contributed by atoms with Gasteiger partial charge in [0.2, 0.25) is 0 Å². The summed E-state index contributed by atoms with van der Waals surface area (Å²) in [7, 11) is 1.36. The zero-order valence-corrected chi connectivity index (χ0v) is 11.0. The number of hydrogen-bond acceptors (Lipinski definition) is 6. The van der Waals surface area contributed by atoms with Gasteiger partial charge in [0.25, 0.3) is 0 Å². The second-order valence-electron chi connectivity index (χ2n) is 3.70. The first-order valence-electron chi connectivity index (χ1n) is 5.47. The molecule has 2 aromatic heterocycles. The van der Waals surface area contributed by atoms with Gasteiger partial charge in [0.15, 0.2) is 0 Å². The third-order valence-electron chi connectivity index (χ3n) is 2.43. The first kappa shape index (κ1) is 12.8. The van der Waals surface area contributed by atoms with Crippen molar-refractivity contribution in [1.82, 2.24) is 10.3 Å². The molecule has 0 radical (unpaired) electrons. The van der Waals surface area contributed by atoms with E-state index >= 15 is 0 Å². The summed E-state index contributed by atoms with van der Waals surface area (Å²) in [5, 5.41) is 6.16. The zero-order chi connectivity index (χ0) is 13.0. The number of aromatic nitrogens is 1. The zero-order valence-electron chi connectivity index (χ0n) is 10.2. The van der Waals surface area contributed by atoms with E-state index in [0.717, 1.165) is 5.01 Å². The molecule has 0 bridgehead atoms. The van der Waals surface area contributed by atoms with Crippen LogP contribution < -0.4 is 5.32 Å². The Hall–Kier alpha value is -1.66. The summed E-state index contributed by atoms with van der Waals surface area (Å²) in [5.41, 5.74) is 0.476. The van der Waals surface area contributed by atoms with Crippen molar-refractivity contribution in [3.63, 3.8) is 0 Å². The summed E-state index contributed by atoms with van der Waals surface area (Å²) >= 11 is 1.60. The van der Waals surface area contributed by atoms with Crippen LogP contribution in [0.2, 0.25) is 0 Å². The number of methoxy groups -OCH3 is 1. The fraction of sp³-hybridized carbons (Fsp3) is 0.333. The predicted octanol–water partition coefficient (Wildman–Crippen LogP) is 2.12. The van der Waals surface area contributed by atoms with E-state index in [0.29, 0.717) is 30.2 Å². The first-order valence-corrected chi connectivity index (χ1v) is 6.35. The minimum Gasteiger partial charge on any atom is -0.465 e. The van der Waals surface area contributed by atoms with Gasteiger partial charge in [-0.1, -0.05) is 0 Å². The molecular formula is C12H14N2O3S. The second-order valence-corrected chi connectivity index (χ2v) is 4.68. The second kappa shape index (κ2) is 5.79. The Balaban J connectivity index is 1.92. The molecule has 0 aliphatic carbocycles. The number of aryl methyl sites for hydroxylation is 1. The van der Waals surface area contributed by atoms with Gasteiger partial charge in [0, 0.05) is 18.1 Å². The normalized spacial score (nSPS) is 10.6. The van der Waals surface area contributed by atoms with Gasteiger partial charge in [-0.3, -0.25) is 0 Å². The van der Waals surface area contributed by atoms with Crippen molar-refractivity contribution in [1.29, 1.82) is 0 Å². The van der Waals surface area contributed by atoms with Gasteiger partial charge >= 0.3 is 5.97 Å². The molecule has 1 N–H and O–H groups in total. The van der Waals surface area contributed by atoms with Crippen LogP contribution in [-0.4, -0.2) is 18.1 Å². The Bertz CT molecular complexity index is 519. The van der Waals surface area contributed by atoms with Crippen molar-refractivity contribution in [2.24, 2.45) is 0 Å². The van der Waals surface area contributed by atoms with Crippen molar-refractivity contribution >= 4 is 17.3 Å². The Morgan fingerprint density at radius 2 is 2.39 bits per heavy atom. The highest BCUT2D eigenvalue weighted by Gasteiger charge is 2.14. The third-order valence-corrected chi connectivity index (χ3v) is 3.21. The van der Waals surface area contributed by atoms with E-state index in [1.807, 2.05) is 5.38 Å². The lowest BCUT2D eigenvalue weighted by molar-refractivity contribution is 0.0599. The maximum absolute atomic E-state index is 11.4. The smallest absolute Gasteiger partial charge is 0.341 e. The average Bonchev–Trinajstić information content (AvgIpc) is 2.98. The van der Waals surface area contributed by atoms with Gasteiger partial charge in [-0.05, 0) is 13.0 Å². The molecule has 5 nitrogen and oxygen atoms in total. The molecule has 0 amide bonds. The molecule has 0 saturated carbocycles. The maximum Gasteiger partial charge on any atom is 0.341 e. The number of nitrogens with one attached hydrogen (secondary N) is 1. The van der Waals surface area contributed by atoms with Crippen molar-refractivity contribution in [3.05, 3.63) is 39.7 Å². The van der Waals surface area contributed by atoms with Gasteiger partial charge in [0.05, 0.1) is 13.7 Å². The molecule has 2 aromatic rings. The molecule has 0 aromatic carbocycles. The Morgan fingerprint density at radius 3 is 3.06 bits per heavy atom. The highest BCUT2D eigenvalue weighted by atomic mass is 32.1. The summed E-state index contributed by atoms with van der Waals surface area (Å²) < 4.78 is 10.1. The first-order chi connectivity index (χ1) is 8.70. The van der Waals surface area contributed by atoms with E-state index < -0.39 is 0 Å². The quantitative estimate of drug-likeness (QED) is 0.840. The molecule has 0 aliphatic rings. The number of ether oxygens (including phenoxy) is 1. The molecule has 18 heavy (non-hydrogen) atoms. The van der Waals surface area contributed by atoms with E-state index in [-0.39, 0.29) is 5.97 Å². The molecule has 2 heterocycles. The Kier molecular flexibility index (Phi) is 4.11. The van der Waals surface area contributed by atoms with Crippen LogP contribution in [0.15, 0.2) is 22.1 Å². The van der Waals surface area contributed by atoms with Gasteiger partial charge in [0.1, 0.15) is 22.1 Å². The lowest BCUT2D eigenvalue weighted by Crippen LogP contribution is -2.11. The molecule has 2 rings (SSSR count). The summed E-state index contributed by atoms with van der Waals surface area (Å²) in [6.07, 6.45) is 1.77.